The van der Waals surface area contributed by atoms with Gasteiger partial charge in [0.1, 0.15) is 18.4 Å². The van der Waals surface area contributed by atoms with Gasteiger partial charge in [-0.15, -0.1) is 0 Å². The van der Waals surface area contributed by atoms with Crippen LogP contribution >= 0.6 is 11.6 Å². The minimum absolute atomic E-state index is 0.138. The van der Waals surface area contributed by atoms with Crippen LogP contribution in [0.2, 0.25) is 5.02 Å². The summed E-state index contributed by atoms with van der Waals surface area (Å²) in [5, 5.41) is 4.62. The van der Waals surface area contributed by atoms with E-state index < -0.39 is 6.10 Å². The number of para-hydroxylation sites is 1. The van der Waals surface area contributed by atoms with Crippen molar-refractivity contribution in [1.29, 1.82) is 0 Å². The van der Waals surface area contributed by atoms with E-state index in [1.807, 2.05) is 30.3 Å². The van der Waals surface area contributed by atoms with Gasteiger partial charge in [-0.2, -0.15) is 5.10 Å². The highest BCUT2D eigenvalue weighted by Crippen LogP contribution is 2.17. The summed E-state index contributed by atoms with van der Waals surface area (Å²) >= 11 is 5.88. The van der Waals surface area contributed by atoms with Gasteiger partial charge in [-0.25, -0.2) is 9.67 Å². The molecule has 0 aliphatic carbocycles. The fourth-order valence-electron chi connectivity index (χ4n) is 2.13. The molecule has 3 rings (SSSR count). The van der Waals surface area contributed by atoms with Crippen molar-refractivity contribution in [1.82, 2.24) is 14.8 Å². The lowest BCUT2D eigenvalue weighted by atomic mass is 10.1. The Morgan fingerprint density at radius 1 is 1.13 bits per heavy atom. The minimum atomic E-state index is -0.708. The number of ether oxygens (including phenoxy) is 1. The SMILES string of the molecule is O=C(c1ccc(Cl)cc1)[C@@H](Cn1cncn1)Oc1ccccc1. The fraction of sp³-hybridized carbons (Fsp3) is 0.118. The van der Waals surface area contributed by atoms with Gasteiger partial charge in [0.15, 0.2) is 6.10 Å². The van der Waals surface area contributed by atoms with Crippen LogP contribution in [0.4, 0.5) is 0 Å². The van der Waals surface area contributed by atoms with Crippen LogP contribution in [0.25, 0.3) is 0 Å². The maximum atomic E-state index is 12.8. The zero-order valence-corrected chi connectivity index (χ0v) is 12.9. The van der Waals surface area contributed by atoms with E-state index in [0.29, 0.717) is 16.3 Å². The molecule has 1 atom stereocenters. The second-order valence-electron chi connectivity index (χ2n) is 4.91. The van der Waals surface area contributed by atoms with Crippen molar-refractivity contribution >= 4 is 17.4 Å². The number of hydrogen-bond donors (Lipinski definition) is 0. The summed E-state index contributed by atoms with van der Waals surface area (Å²) in [6, 6.07) is 16.0. The van der Waals surface area contributed by atoms with Crippen LogP contribution < -0.4 is 4.74 Å². The van der Waals surface area contributed by atoms with E-state index in [9.17, 15) is 4.79 Å². The van der Waals surface area contributed by atoms with Gasteiger partial charge >= 0.3 is 0 Å². The third-order valence-corrected chi connectivity index (χ3v) is 3.51. The Labute approximate surface area is 138 Å². The first-order valence-corrected chi connectivity index (χ1v) is 7.44. The molecule has 0 amide bonds. The molecule has 0 radical (unpaired) electrons. The van der Waals surface area contributed by atoms with Gasteiger partial charge < -0.3 is 4.74 Å². The summed E-state index contributed by atoms with van der Waals surface area (Å²) in [6.07, 6.45) is 2.27. The van der Waals surface area contributed by atoms with Crippen LogP contribution in [-0.2, 0) is 6.54 Å². The smallest absolute Gasteiger partial charge is 0.205 e. The molecule has 0 bridgehead atoms. The largest absolute Gasteiger partial charge is 0.480 e. The quantitative estimate of drug-likeness (QED) is 0.652. The molecule has 6 heteroatoms. The van der Waals surface area contributed by atoms with Gasteiger partial charge in [-0.05, 0) is 36.4 Å². The Morgan fingerprint density at radius 2 is 1.87 bits per heavy atom. The Bertz CT molecular complexity index is 758. The maximum absolute atomic E-state index is 12.8. The summed E-state index contributed by atoms with van der Waals surface area (Å²) in [6.45, 7) is 0.274. The highest BCUT2D eigenvalue weighted by molar-refractivity contribution is 6.30. The molecule has 5 nitrogen and oxygen atoms in total. The average molecular weight is 328 g/mol. The number of nitrogens with zero attached hydrogens (tertiary/aromatic N) is 3. The normalized spacial score (nSPS) is 11.9. The molecule has 1 aromatic heterocycles. The summed E-state index contributed by atoms with van der Waals surface area (Å²) < 4.78 is 7.43. The van der Waals surface area contributed by atoms with Crippen molar-refractivity contribution in [2.75, 3.05) is 0 Å². The number of hydrogen-bond acceptors (Lipinski definition) is 4. The number of Topliss-reactive ketones (excluding diaryl/α,β-unsaturated/α-hetero) is 1. The van der Waals surface area contributed by atoms with Crippen LogP contribution in [-0.4, -0.2) is 26.7 Å². The highest BCUT2D eigenvalue weighted by atomic mass is 35.5. The molecular formula is C17H14ClN3O2. The molecular weight excluding hydrogens is 314 g/mol. The Balaban J connectivity index is 1.84. The van der Waals surface area contributed by atoms with Crippen molar-refractivity contribution < 1.29 is 9.53 Å². The zero-order valence-electron chi connectivity index (χ0n) is 12.2. The van der Waals surface area contributed by atoms with Crippen LogP contribution in [0.1, 0.15) is 10.4 Å². The van der Waals surface area contributed by atoms with Crippen molar-refractivity contribution in [3.05, 3.63) is 77.8 Å². The predicted octanol–water partition coefficient (Wildman–Crippen LogP) is 3.26. The molecule has 2 aromatic carbocycles. The van der Waals surface area contributed by atoms with Crippen molar-refractivity contribution in [3.8, 4) is 5.75 Å². The Kier molecular flexibility index (Phi) is 4.68. The van der Waals surface area contributed by atoms with Gasteiger partial charge in [-0.3, -0.25) is 4.79 Å². The molecule has 0 unspecified atom stereocenters. The first-order valence-electron chi connectivity index (χ1n) is 7.06. The van der Waals surface area contributed by atoms with E-state index in [0.717, 1.165) is 0 Å². The summed E-state index contributed by atoms with van der Waals surface area (Å²) in [4.78, 5) is 16.7. The molecule has 0 saturated carbocycles. The van der Waals surface area contributed by atoms with Gasteiger partial charge in [0.2, 0.25) is 5.78 Å². The van der Waals surface area contributed by atoms with E-state index in [4.69, 9.17) is 16.3 Å². The van der Waals surface area contributed by atoms with Gasteiger partial charge in [-0.1, -0.05) is 29.8 Å². The Morgan fingerprint density at radius 3 is 2.52 bits per heavy atom. The molecule has 23 heavy (non-hydrogen) atoms. The van der Waals surface area contributed by atoms with E-state index in [1.165, 1.54) is 6.33 Å². The average Bonchev–Trinajstić information content (AvgIpc) is 3.08. The Hall–Kier alpha value is -2.66. The standard InChI is InChI=1S/C17H14ClN3O2/c18-14-8-6-13(7-9-14)17(22)16(10-21-12-19-11-20-21)23-15-4-2-1-3-5-15/h1-9,11-12,16H,10H2/t16-/m1/s1. The van der Waals surface area contributed by atoms with Crippen LogP contribution in [0, 0.1) is 0 Å². The topological polar surface area (TPSA) is 57.0 Å². The van der Waals surface area contributed by atoms with E-state index in [-0.39, 0.29) is 12.3 Å². The van der Waals surface area contributed by atoms with Crippen molar-refractivity contribution in [2.45, 2.75) is 12.6 Å². The maximum Gasteiger partial charge on any atom is 0.205 e. The highest BCUT2D eigenvalue weighted by Gasteiger charge is 2.23. The van der Waals surface area contributed by atoms with Gasteiger partial charge in [0, 0.05) is 10.6 Å². The zero-order chi connectivity index (χ0) is 16.1. The third-order valence-electron chi connectivity index (χ3n) is 3.26. The van der Waals surface area contributed by atoms with E-state index in [2.05, 4.69) is 10.1 Å². The number of ketones is 1. The molecule has 116 valence electrons. The molecule has 0 spiro atoms. The van der Waals surface area contributed by atoms with Gasteiger partial charge in [0.05, 0.1) is 6.54 Å². The summed E-state index contributed by atoms with van der Waals surface area (Å²) in [5.74, 6) is 0.487. The van der Waals surface area contributed by atoms with Crippen LogP contribution in [0.15, 0.2) is 67.3 Å². The second-order valence-corrected chi connectivity index (χ2v) is 5.34. The second kappa shape index (κ2) is 7.07. The number of rotatable bonds is 6. The lowest BCUT2D eigenvalue weighted by molar-refractivity contribution is 0.0756. The monoisotopic (exact) mass is 327 g/mol. The molecule has 0 fully saturated rings. The van der Waals surface area contributed by atoms with Crippen LogP contribution in [0.5, 0.6) is 5.75 Å². The number of halogens is 1. The molecule has 1 heterocycles. The lowest BCUT2D eigenvalue weighted by Crippen LogP contribution is -2.32. The van der Waals surface area contributed by atoms with Crippen molar-refractivity contribution in [2.24, 2.45) is 0 Å². The number of benzene rings is 2. The predicted molar refractivity (Wildman–Crippen MR) is 86.7 cm³/mol. The summed E-state index contributed by atoms with van der Waals surface area (Å²) in [5.41, 5.74) is 0.537. The molecule has 3 aromatic rings. The minimum Gasteiger partial charge on any atom is -0.480 e. The molecule has 0 saturated heterocycles. The first-order chi connectivity index (χ1) is 11.2. The number of aromatic nitrogens is 3. The van der Waals surface area contributed by atoms with Gasteiger partial charge in [0.25, 0.3) is 0 Å². The molecule has 0 N–H and O–H groups in total. The van der Waals surface area contributed by atoms with E-state index in [1.54, 1.807) is 35.3 Å². The fourth-order valence-corrected chi connectivity index (χ4v) is 2.26. The number of carbonyl (C=O) groups excluding carboxylic acids is 1. The lowest BCUT2D eigenvalue weighted by Gasteiger charge is -2.18. The first kappa shape index (κ1) is 15.2. The van der Waals surface area contributed by atoms with Crippen LogP contribution in [0.3, 0.4) is 0 Å². The summed E-state index contributed by atoms with van der Waals surface area (Å²) in [7, 11) is 0. The molecule has 0 aliphatic rings. The number of carbonyl (C=O) groups is 1. The van der Waals surface area contributed by atoms with Crippen molar-refractivity contribution in [3.63, 3.8) is 0 Å². The van der Waals surface area contributed by atoms with E-state index >= 15 is 0 Å². The third kappa shape index (κ3) is 3.96. The molecule has 0 aliphatic heterocycles.